The van der Waals surface area contributed by atoms with Crippen molar-refractivity contribution >= 4 is 11.3 Å². The first-order chi connectivity index (χ1) is 10.2. The Morgan fingerprint density at radius 3 is 2.86 bits per heavy atom. The molecule has 2 aromatic rings. The smallest absolute Gasteiger partial charge is 0.126 e. The van der Waals surface area contributed by atoms with Crippen molar-refractivity contribution in [1.29, 1.82) is 0 Å². The van der Waals surface area contributed by atoms with E-state index in [0.717, 1.165) is 25.1 Å². The molecule has 1 aromatic heterocycles. The van der Waals surface area contributed by atoms with Crippen LogP contribution in [0.4, 0.5) is 0 Å². The van der Waals surface area contributed by atoms with Gasteiger partial charge in [0.15, 0.2) is 0 Å². The summed E-state index contributed by atoms with van der Waals surface area (Å²) in [5, 5.41) is 10.5. The zero-order valence-electron chi connectivity index (χ0n) is 12.1. The van der Waals surface area contributed by atoms with Gasteiger partial charge in [0.05, 0.1) is 5.51 Å². The van der Waals surface area contributed by atoms with Gasteiger partial charge in [0.1, 0.15) is 18.0 Å². The van der Waals surface area contributed by atoms with Gasteiger partial charge in [-0.2, -0.15) is 0 Å². The molecule has 1 aliphatic carbocycles. The van der Waals surface area contributed by atoms with Crippen molar-refractivity contribution in [2.75, 3.05) is 7.05 Å². The molecule has 1 saturated carbocycles. The number of nitrogens with zero attached hydrogens (tertiary/aromatic N) is 2. The summed E-state index contributed by atoms with van der Waals surface area (Å²) in [7, 11) is 2.05. The minimum atomic E-state index is -0.455. The summed E-state index contributed by atoms with van der Waals surface area (Å²) in [5.74, 6) is 0.826. The molecule has 4 nitrogen and oxygen atoms in total. The first kappa shape index (κ1) is 14.5. The molecule has 1 heterocycles. The van der Waals surface area contributed by atoms with Crippen molar-refractivity contribution in [2.45, 2.75) is 37.6 Å². The van der Waals surface area contributed by atoms with Gasteiger partial charge in [-0.25, -0.2) is 0 Å². The largest absolute Gasteiger partial charge is 0.488 e. The number of ether oxygens (including phenoxy) is 1. The van der Waals surface area contributed by atoms with Crippen LogP contribution in [-0.4, -0.2) is 40.3 Å². The molecule has 0 bridgehead atoms. The standard InChI is InChI=1S/C16H20N2O2S/c1-18(10-13-9-17-11-21-13)14-7-8-15(16(14)19)20-12-5-3-2-4-6-12/h2-6,9,11,14-16,19H,7-8,10H2,1H3/t14-,15+,16+/m1/s1. The highest BCUT2D eigenvalue weighted by Crippen LogP contribution is 2.29. The molecule has 5 heteroatoms. The third-order valence-corrected chi connectivity index (χ3v) is 4.77. The lowest BCUT2D eigenvalue weighted by atomic mass is 10.1. The molecule has 0 aliphatic heterocycles. The Bertz CT molecular complexity index is 547. The third-order valence-electron chi connectivity index (χ3n) is 4.01. The summed E-state index contributed by atoms with van der Waals surface area (Å²) in [6.45, 7) is 0.824. The van der Waals surface area contributed by atoms with E-state index in [1.165, 1.54) is 4.88 Å². The maximum Gasteiger partial charge on any atom is 0.126 e. The topological polar surface area (TPSA) is 45.6 Å². The minimum absolute atomic E-state index is 0.124. The van der Waals surface area contributed by atoms with Crippen molar-refractivity contribution in [3.05, 3.63) is 46.9 Å². The Balaban J connectivity index is 1.59. The van der Waals surface area contributed by atoms with Crippen LogP contribution in [0.1, 0.15) is 17.7 Å². The van der Waals surface area contributed by atoms with Crippen LogP contribution in [0.3, 0.4) is 0 Å². The minimum Gasteiger partial charge on any atom is -0.488 e. The van der Waals surface area contributed by atoms with Crippen LogP contribution in [0.5, 0.6) is 5.75 Å². The zero-order valence-corrected chi connectivity index (χ0v) is 12.9. The molecule has 1 aliphatic rings. The number of aliphatic hydroxyl groups excluding tert-OH is 1. The molecule has 1 aromatic carbocycles. The molecule has 0 spiro atoms. The summed E-state index contributed by atoms with van der Waals surface area (Å²) in [5.41, 5.74) is 1.84. The number of rotatable bonds is 5. The number of hydrogen-bond acceptors (Lipinski definition) is 5. The van der Waals surface area contributed by atoms with Gasteiger partial charge >= 0.3 is 0 Å². The second-order valence-corrected chi connectivity index (χ2v) is 6.46. The molecule has 0 amide bonds. The Kier molecular flexibility index (Phi) is 4.53. The van der Waals surface area contributed by atoms with Crippen LogP contribution in [0.25, 0.3) is 0 Å². The molecule has 1 fully saturated rings. The number of benzene rings is 1. The monoisotopic (exact) mass is 304 g/mol. The Morgan fingerprint density at radius 1 is 1.33 bits per heavy atom. The lowest BCUT2D eigenvalue weighted by Gasteiger charge is -2.28. The quantitative estimate of drug-likeness (QED) is 0.922. The molecule has 112 valence electrons. The highest BCUT2D eigenvalue weighted by molar-refractivity contribution is 7.09. The fourth-order valence-electron chi connectivity index (χ4n) is 2.89. The predicted octanol–water partition coefficient (Wildman–Crippen LogP) is 2.55. The molecule has 1 N–H and O–H groups in total. The molecule has 3 atom stereocenters. The van der Waals surface area contributed by atoms with E-state index in [1.54, 1.807) is 11.3 Å². The fourth-order valence-corrected chi connectivity index (χ4v) is 3.55. The lowest BCUT2D eigenvalue weighted by molar-refractivity contribution is 0.0154. The highest BCUT2D eigenvalue weighted by Gasteiger charge is 2.38. The van der Waals surface area contributed by atoms with E-state index >= 15 is 0 Å². The van der Waals surface area contributed by atoms with Gasteiger partial charge in [0.25, 0.3) is 0 Å². The van der Waals surface area contributed by atoms with Gasteiger partial charge in [-0.3, -0.25) is 9.88 Å². The lowest BCUT2D eigenvalue weighted by Crippen LogP contribution is -2.42. The van der Waals surface area contributed by atoms with Gasteiger partial charge in [-0.15, -0.1) is 11.3 Å². The molecule has 0 saturated heterocycles. The van der Waals surface area contributed by atoms with E-state index in [-0.39, 0.29) is 12.1 Å². The second-order valence-electron chi connectivity index (χ2n) is 5.49. The van der Waals surface area contributed by atoms with Crippen LogP contribution in [0, 0.1) is 0 Å². The molecule has 0 unspecified atom stereocenters. The van der Waals surface area contributed by atoms with E-state index in [9.17, 15) is 5.11 Å². The maximum atomic E-state index is 10.5. The molecule has 0 radical (unpaired) electrons. The summed E-state index contributed by atoms with van der Waals surface area (Å²) in [6.07, 6.45) is 3.15. The number of thiazole rings is 1. The molecule has 3 rings (SSSR count). The molecular formula is C16H20N2O2S. The number of aromatic nitrogens is 1. The zero-order chi connectivity index (χ0) is 14.7. The molecular weight excluding hydrogens is 284 g/mol. The number of likely N-dealkylation sites (N-methyl/N-ethyl adjacent to an activating group) is 1. The average molecular weight is 304 g/mol. The normalized spacial score (nSPS) is 25.4. The van der Waals surface area contributed by atoms with Crippen LogP contribution >= 0.6 is 11.3 Å². The van der Waals surface area contributed by atoms with Crippen LogP contribution in [0.2, 0.25) is 0 Å². The van der Waals surface area contributed by atoms with Gasteiger partial charge in [-0.1, -0.05) is 18.2 Å². The van der Waals surface area contributed by atoms with Gasteiger partial charge < -0.3 is 9.84 Å². The predicted molar refractivity (Wildman–Crippen MR) is 83.5 cm³/mol. The SMILES string of the molecule is CN(Cc1cncs1)[C@@H]1CC[C@H](Oc2ccccc2)[C@H]1O. The highest BCUT2D eigenvalue weighted by atomic mass is 32.1. The maximum absolute atomic E-state index is 10.5. The van der Waals surface area contributed by atoms with E-state index < -0.39 is 6.10 Å². The summed E-state index contributed by atoms with van der Waals surface area (Å²) >= 11 is 1.65. The third kappa shape index (κ3) is 3.43. The van der Waals surface area contributed by atoms with E-state index in [0.29, 0.717) is 0 Å². The number of hydrogen-bond donors (Lipinski definition) is 1. The Morgan fingerprint density at radius 2 is 2.14 bits per heavy atom. The van der Waals surface area contributed by atoms with Crippen LogP contribution in [0.15, 0.2) is 42.0 Å². The van der Waals surface area contributed by atoms with Crippen molar-refractivity contribution in [3.63, 3.8) is 0 Å². The van der Waals surface area contributed by atoms with Gasteiger partial charge in [0.2, 0.25) is 0 Å². The van der Waals surface area contributed by atoms with Gasteiger partial charge in [-0.05, 0) is 32.0 Å². The van der Waals surface area contributed by atoms with E-state index in [4.69, 9.17) is 4.74 Å². The van der Waals surface area contributed by atoms with E-state index in [1.807, 2.05) is 42.0 Å². The van der Waals surface area contributed by atoms with Crippen LogP contribution < -0.4 is 4.74 Å². The van der Waals surface area contributed by atoms with Crippen molar-refractivity contribution in [2.24, 2.45) is 0 Å². The van der Waals surface area contributed by atoms with Crippen molar-refractivity contribution < 1.29 is 9.84 Å². The Labute approximate surface area is 129 Å². The number of aliphatic hydroxyl groups is 1. The Hall–Kier alpha value is -1.43. The summed E-state index contributed by atoms with van der Waals surface area (Å²) in [4.78, 5) is 7.52. The average Bonchev–Trinajstić information content (AvgIpc) is 3.11. The van der Waals surface area contributed by atoms with E-state index in [2.05, 4.69) is 16.9 Å². The van der Waals surface area contributed by atoms with Crippen molar-refractivity contribution in [1.82, 2.24) is 9.88 Å². The molecule has 21 heavy (non-hydrogen) atoms. The first-order valence-electron chi connectivity index (χ1n) is 7.21. The first-order valence-corrected chi connectivity index (χ1v) is 8.09. The fraction of sp³-hybridized carbons (Fsp3) is 0.438. The van der Waals surface area contributed by atoms with Gasteiger partial charge in [0, 0.05) is 23.7 Å². The van der Waals surface area contributed by atoms with Crippen LogP contribution in [-0.2, 0) is 6.54 Å². The number of para-hydroxylation sites is 1. The second kappa shape index (κ2) is 6.56. The summed E-state index contributed by atoms with van der Waals surface area (Å²) in [6, 6.07) is 9.86. The summed E-state index contributed by atoms with van der Waals surface area (Å²) < 4.78 is 5.92. The van der Waals surface area contributed by atoms with Crippen molar-refractivity contribution in [3.8, 4) is 5.75 Å².